The van der Waals surface area contributed by atoms with Crippen molar-refractivity contribution < 1.29 is 23.5 Å². The lowest BCUT2D eigenvalue weighted by Gasteiger charge is -2.38. The van der Waals surface area contributed by atoms with Crippen LogP contribution >= 0.6 is 22.9 Å². The van der Waals surface area contributed by atoms with E-state index in [4.69, 9.17) is 26.1 Å². The van der Waals surface area contributed by atoms with E-state index in [1.165, 1.54) is 29.5 Å². The summed E-state index contributed by atoms with van der Waals surface area (Å²) in [5.41, 5.74) is 2.80. The Morgan fingerprint density at radius 3 is 2.69 bits per heavy atom. The maximum atomic E-state index is 13.4. The first-order valence-corrected chi connectivity index (χ1v) is 12.9. The number of rotatable bonds is 6. The molecule has 0 amide bonds. The lowest BCUT2D eigenvalue weighted by atomic mass is 9.68. The van der Waals surface area contributed by atoms with Gasteiger partial charge in [-0.2, -0.15) is 0 Å². The van der Waals surface area contributed by atoms with E-state index in [0.29, 0.717) is 29.9 Å². The van der Waals surface area contributed by atoms with E-state index in [1.54, 1.807) is 6.92 Å². The average Bonchev–Trinajstić information content (AvgIpc) is 3.11. The lowest BCUT2D eigenvalue weighted by Crippen LogP contribution is -2.39. The second kappa shape index (κ2) is 9.86. The van der Waals surface area contributed by atoms with Crippen molar-refractivity contribution in [3.8, 4) is 5.75 Å². The molecule has 2 heterocycles. The van der Waals surface area contributed by atoms with Gasteiger partial charge in [0, 0.05) is 44.6 Å². The molecule has 186 valence electrons. The highest BCUT2D eigenvalue weighted by Gasteiger charge is 2.46. The van der Waals surface area contributed by atoms with E-state index in [2.05, 4.69) is 13.8 Å². The zero-order chi connectivity index (χ0) is 25.5. The van der Waals surface area contributed by atoms with Crippen molar-refractivity contribution in [1.29, 1.82) is 0 Å². The molecule has 0 radical (unpaired) electrons. The topological polar surface area (TPSA) is 65.0 Å². The fraction of sp³-hybridized carbons (Fsp3) is 0.444. The third-order valence-corrected chi connectivity index (χ3v) is 7.94. The maximum absolute atomic E-state index is 13.4. The summed E-state index contributed by atoms with van der Waals surface area (Å²) in [4.78, 5) is 33.1. The Labute approximate surface area is 214 Å². The van der Waals surface area contributed by atoms with E-state index in [0.717, 1.165) is 21.0 Å². The minimum absolute atomic E-state index is 0.0359. The Balaban J connectivity index is 1.72. The van der Waals surface area contributed by atoms with E-state index in [9.17, 15) is 14.0 Å². The molecule has 2 aromatic rings. The molecule has 0 saturated carbocycles. The number of allylic oxidation sites excluding steroid dienone is 2. The van der Waals surface area contributed by atoms with Crippen LogP contribution in [0, 0.1) is 24.1 Å². The SMILES string of the molecule is CCOC(=O)C1C(C)=NC2=C(C(=O)CC(C)(C)C2)C1c1cc(COc2ccc(F)cc2Cl)c(C)s1. The van der Waals surface area contributed by atoms with Crippen LogP contribution in [-0.2, 0) is 20.9 Å². The number of Topliss-reactive ketones (excluding diaryl/α,β-unsaturated/α-hetero) is 1. The van der Waals surface area contributed by atoms with Crippen LogP contribution in [0.4, 0.5) is 4.39 Å². The Morgan fingerprint density at radius 2 is 2.00 bits per heavy atom. The largest absolute Gasteiger partial charge is 0.487 e. The molecule has 35 heavy (non-hydrogen) atoms. The first kappa shape index (κ1) is 25.6. The van der Waals surface area contributed by atoms with Crippen molar-refractivity contribution in [2.45, 2.75) is 60.0 Å². The number of hydrogen-bond donors (Lipinski definition) is 0. The highest BCUT2D eigenvalue weighted by Crippen LogP contribution is 2.49. The summed E-state index contributed by atoms with van der Waals surface area (Å²) in [6, 6.07) is 5.99. The molecule has 2 atom stereocenters. The van der Waals surface area contributed by atoms with Crippen LogP contribution in [0.5, 0.6) is 5.75 Å². The van der Waals surface area contributed by atoms with Gasteiger partial charge in [-0.15, -0.1) is 11.3 Å². The second-order valence-electron chi connectivity index (χ2n) is 9.86. The van der Waals surface area contributed by atoms with E-state index in [-0.39, 0.29) is 35.4 Å². The Hall–Kier alpha value is -2.51. The molecule has 2 unspecified atom stereocenters. The summed E-state index contributed by atoms with van der Waals surface area (Å²) in [5, 5.41) is 0.199. The number of esters is 1. The van der Waals surface area contributed by atoms with Gasteiger partial charge in [0.15, 0.2) is 5.78 Å². The smallest absolute Gasteiger partial charge is 0.315 e. The monoisotopic (exact) mass is 517 g/mol. The lowest BCUT2D eigenvalue weighted by molar-refractivity contribution is -0.146. The van der Waals surface area contributed by atoms with Crippen LogP contribution in [0.3, 0.4) is 0 Å². The van der Waals surface area contributed by atoms with Gasteiger partial charge in [-0.3, -0.25) is 14.6 Å². The third kappa shape index (κ3) is 5.21. The summed E-state index contributed by atoms with van der Waals surface area (Å²) < 4.78 is 24.6. The molecule has 0 saturated heterocycles. The van der Waals surface area contributed by atoms with Gasteiger partial charge in [0.2, 0.25) is 0 Å². The maximum Gasteiger partial charge on any atom is 0.315 e. The molecule has 1 aliphatic heterocycles. The quantitative estimate of drug-likeness (QED) is 0.395. The first-order valence-electron chi connectivity index (χ1n) is 11.7. The summed E-state index contributed by atoms with van der Waals surface area (Å²) in [6.07, 6.45) is 1.09. The van der Waals surface area contributed by atoms with Crippen LogP contribution in [0.2, 0.25) is 5.02 Å². The second-order valence-corrected chi connectivity index (χ2v) is 11.6. The van der Waals surface area contributed by atoms with Crippen molar-refractivity contribution in [1.82, 2.24) is 0 Å². The number of aliphatic imine (C=N–C) groups is 1. The Bertz CT molecular complexity index is 1250. The van der Waals surface area contributed by atoms with Gasteiger partial charge >= 0.3 is 5.97 Å². The number of thiophene rings is 1. The van der Waals surface area contributed by atoms with E-state index in [1.807, 2.05) is 19.9 Å². The summed E-state index contributed by atoms with van der Waals surface area (Å²) in [7, 11) is 0. The van der Waals surface area contributed by atoms with Gasteiger partial charge in [0.25, 0.3) is 0 Å². The van der Waals surface area contributed by atoms with Gasteiger partial charge in [0.1, 0.15) is 24.1 Å². The van der Waals surface area contributed by atoms with Crippen LogP contribution in [0.15, 0.2) is 40.5 Å². The molecule has 1 aromatic heterocycles. The van der Waals surface area contributed by atoms with E-state index >= 15 is 0 Å². The summed E-state index contributed by atoms with van der Waals surface area (Å²) in [5.74, 6) is -1.48. The first-order chi connectivity index (χ1) is 16.5. The van der Waals surface area contributed by atoms with Crippen molar-refractivity contribution in [2.24, 2.45) is 16.3 Å². The number of ether oxygens (including phenoxy) is 2. The molecule has 0 spiro atoms. The molecular formula is C27H29ClFNO4S. The molecule has 2 aliphatic rings. The molecule has 0 bridgehead atoms. The van der Waals surface area contributed by atoms with E-state index < -0.39 is 17.7 Å². The zero-order valence-corrected chi connectivity index (χ0v) is 22.1. The number of nitrogens with zero attached hydrogens (tertiary/aromatic N) is 1. The summed E-state index contributed by atoms with van der Waals surface area (Å²) >= 11 is 7.65. The standard InChI is InChI=1S/C27H29ClFNO4S/c1-6-33-26(32)23-14(2)30-19-11-27(4,5)12-20(31)24(19)25(23)22-9-16(15(3)35-22)13-34-21-8-7-17(29)10-18(21)28/h7-10,23,25H,6,11-13H2,1-5H3. The predicted octanol–water partition coefficient (Wildman–Crippen LogP) is 6.81. The number of carbonyl (C=O) groups excluding carboxylic acids is 2. The van der Waals surface area contributed by atoms with Crippen molar-refractivity contribution >= 4 is 40.4 Å². The van der Waals surface area contributed by atoms with Crippen LogP contribution in [0.1, 0.15) is 61.8 Å². The average molecular weight is 518 g/mol. The van der Waals surface area contributed by atoms with Crippen LogP contribution < -0.4 is 4.74 Å². The van der Waals surface area contributed by atoms with Gasteiger partial charge < -0.3 is 9.47 Å². The fourth-order valence-corrected chi connectivity index (χ4v) is 6.29. The number of halogens is 2. The number of hydrogen-bond acceptors (Lipinski definition) is 6. The minimum Gasteiger partial charge on any atom is -0.487 e. The zero-order valence-electron chi connectivity index (χ0n) is 20.5. The molecule has 8 heteroatoms. The van der Waals surface area contributed by atoms with Crippen molar-refractivity contribution in [3.05, 3.63) is 61.7 Å². The molecule has 5 nitrogen and oxygen atoms in total. The van der Waals surface area contributed by atoms with Crippen LogP contribution in [0.25, 0.3) is 0 Å². The molecule has 0 N–H and O–H groups in total. The Kier molecular flexibility index (Phi) is 7.21. The predicted molar refractivity (Wildman–Crippen MR) is 136 cm³/mol. The molecular weight excluding hydrogens is 489 g/mol. The fourth-order valence-electron chi connectivity index (χ4n) is 4.88. The number of ketones is 1. The highest BCUT2D eigenvalue weighted by atomic mass is 35.5. The number of carbonyl (C=O) groups is 2. The van der Waals surface area contributed by atoms with Gasteiger partial charge in [-0.05, 0) is 56.9 Å². The molecule has 1 aliphatic carbocycles. The van der Waals surface area contributed by atoms with Gasteiger partial charge in [-0.1, -0.05) is 25.4 Å². The normalized spacial score (nSPS) is 21.5. The molecule has 4 rings (SSSR count). The summed E-state index contributed by atoms with van der Waals surface area (Å²) in [6.45, 7) is 10.2. The third-order valence-electron chi connectivity index (χ3n) is 6.47. The van der Waals surface area contributed by atoms with Gasteiger partial charge in [-0.25, -0.2) is 4.39 Å². The number of benzene rings is 1. The highest BCUT2D eigenvalue weighted by molar-refractivity contribution is 7.12. The number of aryl methyl sites for hydroxylation is 1. The minimum atomic E-state index is -0.655. The van der Waals surface area contributed by atoms with Crippen LogP contribution in [-0.4, -0.2) is 24.1 Å². The van der Waals surface area contributed by atoms with Crippen molar-refractivity contribution in [3.63, 3.8) is 0 Å². The van der Waals surface area contributed by atoms with Crippen molar-refractivity contribution in [2.75, 3.05) is 6.61 Å². The molecule has 1 aromatic carbocycles. The Morgan fingerprint density at radius 1 is 1.26 bits per heavy atom. The molecule has 0 fully saturated rings. The van der Waals surface area contributed by atoms with Gasteiger partial charge in [0.05, 0.1) is 11.6 Å².